The van der Waals surface area contributed by atoms with Crippen LogP contribution in [-0.2, 0) is 31.4 Å². The summed E-state index contributed by atoms with van der Waals surface area (Å²) in [7, 11) is -4.34. The van der Waals surface area contributed by atoms with Gasteiger partial charge in [0.25, 0.3) is 0 Å². The maximum atomic E-state index is 12.7. The largest absolute Gasteiger partial charge is 0.513 e. The highest BCUT2D eigenvalue weighted by Crippen LogP contribution is 2.47. The van der Waals surface area contributed by atoms with Crippen molar-refractivity contribution in [3.8, 4) is 11.5 Å². The van der Waals surface area contributed by atoms with E-state index >= 15 is 0 Å². The summed E-state index contributed by atoms with van der Waals surface area (Å²) in [6, 6.07) is 12.5. The lowest BCUT2D eigenvalue weighted by atomic mass is 9.73. The van der Waals surface area contributed by atoms with Crippen LogP contribution in [0.2, 0.25) is 0 Å². The van der Waals surface area contributed by atoms with Gasteiger partial charge in [-0.05, 0) is 68.7 Å². The molecular formula is C31H41O8P. The third-order valence-electron chi connectivity index (χ3n) is 6.95. The predicted octanol–water partition coefficient (Wildman–Crippen LogP) is 7.99. The van der Waals surface area contributed by atoms with Crippen LogP contribution < -0.4 is 4.74 Å². The Morgan fingerprint density at radius 1 is 1.10 bits per heavy atom. The molecule has 0 heterocycles. The molecule has 2 N–H and O–H groups in total. The van der Waals surface area contributed by atoms with Crippen LogP contribution in [0.5, 0.6) is 11.5 Å². The van der Waals surface area contributed by atoms with Gasteiger partial charge < -0.3 is 19.5 Å². The van der Waals surface area contributed by atoms with Crippen molar-refractivity contribution in [1.82, 2.24) is 0 Å². The zero-order valence-electron chi connectivity index (χ0n) is 23.6. The SMILES string of the molecule is C=C(C)[C@@H]1CCC(C)=C[C@H]1c1c(O)cc(CCCCC)cc1OC(=O)OCCOP(=O)(O)OCc1ccccc1. The van der Waals surface area contributed by atoms with Crippen LogP contribution in [0, 0.1) is 5.92 Å². The van der Waals surface area contributed by atoms with Crippen LogP contribution in [0.4, 0.5) is 4.79 Å². The Balaban J connectivity index is 1.68. The molecule has 0 aromatic heterocycles. The number of phenolic OH excluding ortho intramolecular Hbond substituents is 1. The molecule has 2 aromatic carbocycles. The maximum absolute atomic E-state index is 12.7. The number of carbonyl (C=O) groups excluding carboxylic acids is 1. The number of phenols is 1. The molecule has 1 aliphatic carbocycles. The van der Waals surface area contributed by atoms with Gasteiger partial charge >= 0.3 is 14.0 Å². The maximum Gasteiger partial charge on any atom is 0.513 e. The average molecular weight is 573 g/mol. The monoisotopic (exact) mass is 572 g/mol. The highest BCUT2D eigenvalue weighted by atomic mass is 31.2. The van der Waals surface area contributed by atoms with E-state index in [1.807, 2.05) is 13.0 Å². The summed E-state index contributed by atoms with van der Waals surface area (Å²) in [4.78, 5) is 22.6. The molecule has 3 rings (SSSR count). The smallest absolute Gasteiger partial charge is 0.507 e. The molecule has 0 spiro atoms. The standard InChI is InChI=1S/C31H41O8P/c1-5-6-8-13-25-19-28(32)30(27-18-23(4)14-15-26(27)22(2)3)29(20-25)39-31(33)36-16-17-37-40(34,35)38-21-24-11-9-7-10-12-24/h7,9-12,18-20,26-27,32H,2,5-6,8,13-17,21H2,1,3-4H3,(H,34,35)/t26-,27+/m0/s1. The number of benzene rings is 2. The summed E-state index contributed by atoms with van der Waals surface area (Å²) in [6.45, 7) is 9.51. The summed E-state index contributed by atoms with van der Waals surface area (Å²) < 4.78 is 32.8. The summed E-state index contributed by atoms with van der Waals surface area (Å²) in [6.07, 6.45) is 6.71. The molecule has 1 unspecified atom stereocenters. The van der Waals surface area contributed by atoms with Crippen LogP contribution in [-0.4, -0.2) is 29.4 Å². The second kappa shape index (κ2) is 15.2. The molecule has 0 bridgehead atoms. The van der Waals surface area contributed by atoms with E-state index in [1.165, 1.54) is 5.57 Å². The Hall–Kier alpha value is -2.90. The van der Waals surface area contributed by atoms with Crippen LogP contribution in [0.1, 0.15) is 75.5 Å². The number of allylic oxidation sites excluding steroid dienone is 3. The molecule has 9 heteroatoms. The highest BCUT2D eigenvalue weighted by molar-refractivity contribution is 7.47. The van der Waals surface area contributed by atoms with Gasteiger partial charge in [0.1, 0.15) is 18.1 Å². The van der Waals surface area contributed by atoms with Crippen molar-refractivity contribution in [3.63, 3.8) is 0 Å². The number of hydrogen-bond donors (Lipinski definition) is 2. The number of rotatable bonds is 14. The van der Waals surface area contributed by atoms with Crippen molar-refractivity contribution < 1.29 is 37.9 Å². The van der Waals surface area contributed by atoms with E-state index in [9.17, 15) is 19.4 Å². The van der Waals surface area contributed by atoms with Crippen molar-refractivity contribution in [2.75, 3.05) is 13.2 Å². The minimum atomic E-state index is -4.34. The molecule has 0 saturated heterocycles. The highest BCUT2D eigenvalue weighted by Gasteiger charge is 2.31. The fourth-order valence-corrected chi connectivity index (χ4v) is 5.57. The molecule has 218 valence electrons. The fraction of sp³-hybridized carbons (Fsp3) is 0.452. The van der Waals surface area contributed by atoms with E-state index in [1.54, 1.807) is 36.4 Å². The van der Waals surface area contributed by atoms with Gasteiger partial charge in [-0.25, -0.2) is 9.36 Å². The molecule has 0 radical (unpaired) electrons. The minimum absolute atomic E-state index is 0.0686. The number of aryl methyl sites for hydroxylation is 1. The summed E-state index contributed by atoms with van der Waals surface area (Å²) in [5.41, 5.74) is 4.29. The first-order chi connectivity index (χ1) is 19.1. The van der Waals surface area contributed by atoms with Crippen LogP contribution in [0.15, 0.2) is 66.3 Å². The third kappa shape index (κ3) is 9.63. The number of aromatic hydroxyl groups is 1. The van der Waals surface area contributed by atoms with Gasteiger partial charge in [-0.1, -0.05) is 73.9 Å². The van der Waals surface area contributed by atoms with Gasteiger partial charge in [-0.15, -0.1) is 0 Å². The van der Waals surface area contributed by atoms with E-state index in [2.05, 4.69) is 26.5 Å². The van der Waals surface area contributed by atoms with Gasteiger partial charge in [0.05, 0.1) is 13.2 Å². The molecule has 3 atom stereocenters. The second-order valence-corrected chi connectivity index (χ2v) is 11.7. The quantitative estimate of drug-likeness (QED) is 0.0770. The second-order valence-electron chi connectivity index (χ2n) is 10.3. The molecule has 40 heavy (non-hydrogen) atoms. The molecule has 1 aliphatic rings. The lowest BCUT2D eigenvalue weighted by Crippen LogP contribution is -2.20. The number of hydrogen-bond acceptors (Lipinski definition) is 7. The molecule has 8 nitrogen and oxygen atoms in total. The van der Waals surface area contributed by atoms with Gasteiger partial charge in [-0.3, -0.25) is 9.05 Å². The van der Waals surface area contributed by atoms with Crippen molar-refractivity contribution in [2.24, 2.45) is 5.92 Å². The van der Waals surface area contributed by atoms with E-state index in [0.717, 1.165) is 49.7 Å². The Bertz CT molecular complexity index is 1220. The Morgan fingerprint density at radius 2 is 1.85 bits per heavy atom. The molecule has 0 amide bonds. The number of phosphoric ester groups is 1. The lowest BCUT2D eigenvalue weighted by Gasteiger charge is -2.32. The molecule has 2 aromatic rings. The predicted molar refractivity (Wildman–Crippen MR) is 154 cm³/mol. The number of carbonyl (C=O) groups is 1. The molecule has 0 aliphatic heterocycles. The van der Waals surface area contributed by atoms with Crippen LogP contribution in [0.3, 0.4) is 0 Å². The fourth-order valence-electron chi connectivity index (χ4n) is 4.88. The van der Waals surface area contributed by atoms with E-state index in [0.29, 0.717) is 11.1 Å². The Morgan fingerprint density at radius 3 is 2.55 bits per heavy atom. The number of phosphoric acid groups is 1. The van der Waals surface area contributed by atoms with Gasteiger partial charge in [0.2, 0.25) is 0 Å². The first-order valence-electron chi connectivity index (χ1n) is 13.8. The summed E-state index contributed by atoms with van der Waals surface area (Å²) in [5, 5.41) is 11.1. The van der Waals surface area contributed by atoms with Crippen molar-refractivity contribution in [1.29, 1.82) is 0 Å². The van der Waals surface area contributed by atoms with Crippen molar-refractivity contribution in [3.05, 3.63) is 83.0 Å². The van der Waals surface area contributed by atoms with Crippen molar-refractivity contribution in [2.45, 2.75) is 71.8 Å². The topological polar surface area (TPSA) is 112 Å². The molecular weight excluding hydrogens is 531 g/mol. The number of unbranched alkanes of at least 4 members (excludes halogenated alkanes) is 2. The third-order valence-corrected chi connectivity index (χ3v) is 7.91. The minimum Gasteiger partial charge on any atom is -0.507 e. The van der Waals surface area contributed by atoms with E-state index in [4.69, 9.17) is 18.5 Å². The number of ether oxygens (including phenoxy) is 2. The normalized spacial score (nSPS) is 18.4. The first-order valence-corrected chi connectivity index (χ1v) is 15.3. The van der Waals surface area contributed by atoms with Crippen LogP contribution >= 0.6 is 7.82 Å². The molecule has 0 fully saturated rings. The Kier molecular flexibility index (Phi) is 12.0. The molecule has 0 saturated carbocycles. The average Bonchev–Trinajstić information content (AvgIpc) is 2.90. The first kappa shape index (κ1) is 31.6. The van der Waals surface area contributed by atoms with Gasteiger partial charge in [-0.2, -0.15) is 0 Å². The Labute approximate surface area is 237 Å². The van der Waals surface area contributed by atoms with Gasteiger partial charge in [0.15, 0.2) is 0 Å². The van der Waals surface area contributed by atoms with E-state index in [-0.39, 0.29) is 43.2 Å². The summed E-state index contributed by atoms with van der Waals surface area (Å²) >= 11 is 0. The summed E-state index contributed by atoms with van der Waals surface area (Å²) in [5.74, 6) is 0.184. The van der Waals surface area contributed by atoms with Gasteiger partial charge in [0, 0.05) is 11.5 Å². The van der Waals surface area contributed by atoms with E-state index < -0.39 is 14.0 Å². The zero-order valence-corrected chi connectivity index (χ0v) is 24.5. The lowest BCUT2D eigenvalue weighted by molar-refractivity contribution is 0.0706. The zero-order chi connectivity index (χ0) is 29.1. The van der Waals surface area contributed by atoms with Crippen molar-refractivity contribution >= 4 is 14.0 Å². The van der Waals surface area contributed by atoms with Crippen LogP contribution in [0.25, 0.3) is 0 Å².